The second kappa shape index (κ2) is 13.5. The fourth-order valence-electron chi connectivity index (χ4n) is 2.19. The standard InChI is InChI=1S/C18H23NO6.C2H6/c1-5-16(23-4)11-13(2)10-14(3)12-24-18(20)25-17-8-6-15(7-9-17)19(21)22;1-2/h5-10,13,16H,1,11-12H2,2-4H3;1-2H3/b14-10-;/t13-,16?;/m1./s1. The Morgan fingerprint density at radius 1 is 1.30 bits per heavy atom. The van der Waals surface area contributed by atoms with Crippen LogP contribution in [0.2, 0.25) is 0 Å². The van der Waals surface area contributed by atoms with Gasteiger partial charge in [0.05, 0.1) is 11.0 Å². The predicted octanol–water partition coefficient (Wildman–Crippen LogP) is 5.31. The van der Waals surface area contributed by atoms with E-state index in [-0.39, 0.29) is 30.1 Å². The zero-order valence-corrected chi connectivity index (χ0v) is 16.6. The first-order valence-corrected chi connectivity index (χ1v) is 8.77. The van der Waals surface area contributed by atoms with E-state index in [4.69, 9.17) is 14.2 Å². The Kier molecular flexibility index (Phi) is 12.2. The van der Waals surface area contributed by atoms with Gasteiger partial charge in [-0.3, -0.25) is 10.1 Å². The minimum atomic E-state index is -0.866. The van der Waals surface area contributed by atoms with Crippen molar-refractivity contribution < 1.29 is 23.9 Å². The van der Waals surface area contributed by atoms with Crippen LogP contribution >= 0.6 is 0 Å². The molecular weight excluding hydrogens is 350 g/mol. The molecule has 0 aliphatic rings. The number of carbonyl (C=O) groups is 1. The maximum absolute atomic E-state index is 11.7. The highest BCUT2D eigenvalue weighted by atomic mass is 16.7. The van der Waals surface area contributed by atoms with Gasteiger partial charge in [-0.05, 0) is 37.0 Å². The van der Waals surface area contributed by atoms with Crippen molar-refractivity contribution in [2.24, 2.45) is 5.92 Å². The summed E-state index contributed by atoms with van der Waals surface area (Å²) in [6, 6.07) is 5.18. The number of rotatable bonds is 9. The average Bonchev–Trinajstić information content (AvgIpc) is 2.66. The van der Waals surface area contributed by atoms with Gasteiger partial charge in [-0.2, -0.15) is 0 Å². The van der Waals surface area contributed by atoms with E-state index in [9.17, 15) is 14.9 Å². The molecule has 1 aromatic carbocycles. The van der Waals surface area contributed by atoms with Gasteiger partial charge in [0.25, 0.3) is 5.69 Å². The average molecular weight is 379 g/mol. The topological polar surface area (TPSA) is 87.9 Å². The Bertz CT molecular complexity index is 624. The SMILES string of the molecule is C=CC(C[C@H](C)/C=C(/C)COC(=O)Oc1ccc([N+](=O)[O-])cc1)OC.CC. The summed E-state index contributed by atoms with van der Waals surface area (Å²) in [6.45, 7) is 11.7. The van der Waals surface area contributed by atoms with Gasteiger partial charge >= 0.3 is 6.16 Å². The van der Waals surface area contributed by atoms with Crippen molar-refractivity contribution in [3.8, 4) is 5.75 Å². The van der Waals surface area contributed by atoms with Gasteiger partial charge in [0.2, 0.25) is 0 Å². The number of nitrogens with zero attached hydrogens (tertiary/aromatic N) is 1. The third-order valence-corrected chi connectivity index (χ3v) is 3.41. The zero-order chi connectivity index (χ0) is 20.8. The minimum Gasteiger partial charge on any atom is -0.429 e. The van der Waals surface area contributed by atoms with Gasteiger partial charge in [-0.1, -0.05) is 32.9 Å². The molecule has 0 aliphatic carbocycles. The molecule has 0 heterocycles. The largest absolute Gasteiger partial charge is 0.514 e. The molecule has 0 aliphatic heterocycles. The van der Waals surface area contributed by atoms with Gasteiger partial charge in [-0.15, -0.1) is 6.58 Å². The lowest BCUT2D eigenvalue weighted by Crippen LogP contribution is -2.13. The molecule has 0 saturated carbocycles. The number of hydrogen-bond acceptors (Lipinski definition) is 6. The summed E-state index contributed by atoms with van der Waals surface area (Å²) in [7, 11) is 1.63. The van der Waals surface area contributed by atoms with Crippen molar-refractivity contribution in [1.29, 1.82) is 0 Å². The molecule has 0 bridgehead atoms. The van der Waals surface area contributed by atoms with E-state index in [0.717, 1.165) is 12.0 Å². The summed E-state index contributed by atoms with van der Waals surface area (Å²) in [4.78, 5) is 21.7. The molecule has 7 heteroatoms. The molecular formula is C20H29NO6. The van der Waals surface area contributed by atoms with Gasteiger partial charge in [0.1, 0.15) is 12.4 Å². The van der Waals surface area contributed by atoms with E-state index < -0.39 is 11.1 Å². The van der Waals surface area contributed by atoms with Crippen LogP contribution in [0.4, 0.5) is 10.5 Å². The van der Waals surface area contributed by atoms with Crippen molar-refractivity contribution in [2.45, 2.75) is 40.2 Å². The molecule has 7 nitrogen and oxygen atoms in total. The minimum absolute atomic E-state index is 0.0212. The Balaban J connectivity index is 0.00000326. The van der Waals surface area contributed by atoms with Crippen LogP contribution in [0.25, 0.3) is 0 Å². The fraction of sp³-hybridized carbons (Fsp3) is 0.450. The molecule has 0 N–H and O–H groups in total. The monoisotopic (exact) mass is 379 g/mol. The summed E-state index contributed by atoms with van der Waals surface area (Å²) in [5, 5.41) is 10.6. The number of allylic oxidation sites excluding steroid dienone is 1. The first kappa shape index (κ1) is 24.3. The Morgan fingerprint density at radius 2 is 1.89 bits per heavy atom. The van der Waals surface area contributed by atoms with Crippen LogP contribution in [0.15, 0.2) is 48.6 Å². The van der Waals surface area contributed by atoms with Crippen molar-refractivity contribution in [2.75, 3.05) is 13.7 Å². The van der Waals surface area contributed by atoms with E-state index in [2.05, 4.69) is 6.58 Å². The smallest absolute Gasteiger partial charge is 0.429 e. The van der Waals surface area contributed by atoms with Crippen LogP contribution in [0.1, 0.15) is 34.1 Å². The number of nitro groups is 1. The van der Waals surface area contributed by atoms with Crippen LogP contribution in [0, 0.1) is 16.0 Å². The van der Waals surface area contributed by atoms with E-state index in [1.807, 2.05) is 33.8 Å². The summed E-state index contributed by atoms with van der Waals surface area (Å²) in [5.74, 6) is 0.414. The lowest BCUT2D eigenvalue weighted by Gasteiger charge is -2.14. The molecule has 0 radical (unpaired) electrons. The Labute approximate surface area is 160 Å². The molecule has 0 aromatic heterocycles. The maximum atomic E-state index is 11.7. The van der Waals surface area contributed by atoms with E-state index in [0.29, 0.717) is 0 Å². The second-order valence-electron chi connectivity index (χ2n) is 5.63. The van der Waals surface area contributed by atoms with Crippen LogP contribution in [0.3, 0.4) is 0 Å². The normalized spacial score (nSPS) is 12.9. The summed E-state index contributed by atoms with van der Waals surface area (Å²) < 4.78 is 15.2. The highest BCUT2D eigenvalue weighted by Crippen LogP contribution is 2.18. The van der Waals surface area contributed by atoms with Crippen molar-refractivity contribution in [3.05, 3.63) is 58.7 Å². The maximum Gasteiger partial charge on any atom is 0.514 e. The van der Waals surface area contributed by atoms with E-state index in [1.165, 1.54) is 24.3 Å². The lowest BCUT2D eigenvalue weighted by molar-refractivity contribution is -0.384. The molecule has 27 heavy (non-hydrogen) atoms. The van der Waals surface area contributed by atoms with Gasteiger partial charge < -0.3 is 14.2 Å². The third kappa shape index (κ3) is 10.2. The molecule has 0 fully saturated rings. The number of hydrogen-bond donors (Lipinski definition) is 0. The number of methoxy groups -OCH3 is 1. The van der Waals surface area contributed by atoms with E-state index >= 15 is 0 Å². The van der Waals surface area contributed by atoms with Gasteiger partial charge in [-0.25, -0.2) is 4.79 Å². The predicted molar refractivity (Wildman–Crippen MR) is 105 cm³/mol. The summed E-state index contributed by atoms with van der Waals surface area (Å²) in [5.41, 5.74) is 0.800. The zero-order valence-electron chi connectivity index (χ0n) is 16.6. The first-order valence-electron chi connectivity index (χ1n) is 8.77. The van der Waals surface area contributed by atoms with Crippen LogP contribution in [0.5, 0.6) is 5.75 Å². The molecule has 0 spiro atoms. The van der Waals surface area contributed by atoms with Gasteiger partial charge in [0, 0.05) is 19.2 Å². The van der Waals surface area contributed by atoms with Crippen molar-refractivity contribution in [3.63, 3.8) is 0 Å². The highest BCUT2D eigenvalue weighted by molar-refractivity contribution is 5.64. The Hall–Kier alpha value is -2.67. The molecule has 0 saturated heterocycles. The molecule has 1 unspecified atom stereocenters. The number of ether oxygens (including phenoxy) is 3. The molecule has 1 aromatic rings. The van der Waals surface area contributed by atoms with Crippen LogP contribution < -0.4 is 4.74 Å². The second-order valence-corrected chi connectivity index (χ2v) is 5.63. The van der Waals surface area contributed by atoms with E-state index in [1.54, 1.807) is 13.2 Å². The third-order valence-electron chi connectivity index (χ3n) is 3.41. The number of non-ortho nitro benzene ring substituents is 1. The first-order chi connectivity index (χ1) is 12.8. The summed E-state index contributed by atoms with van der Waals surface area (Å²) in [6.07, 6.45) is 3.64. The van der Waals surface area contributed by atoms with Gasteiger partial charge in [0.15, 0.2) is 0 Å². The number of carbonyl (C=O) groups excluding carboxylic acids is 1. The number of nitro benzene ring substituents is 1. The highest BCUT2D eigenvalue weighted by Gasteiger charge is 2.11. The Morgan fingerprint density at radius 3 is 2.37 bits per heavy atom. The van der Waals surface area contributed by atoms with Crippen molar-refractivity contribution in [1.82, 2.24) is 0 Å². The molecule has 1 rings (SSSR count). The van der Waals surface area contributed by atoms with Crippen LogP contribution in [-0.4, -0.2) is 30.9 Å². The summed E-state index contributed by atoms with van der Waals surface area (Å²) >= 11 is 0. The van der Waals surface area contributed by atoms with Crippen molar-refractivity contribution >= 4 is 11.8 Å². The van der Waals surface area contributed by atoms with Crippen LogP contribution in [-0.2, 0) is 9.47 Å². The quantitative estimate of drug-likeness (QED) is 0.190. The number of benzene rings is 1. The lowest BCUT2D eigenvalue weighted by atomic mass is 10.0. The molecule has 0 amide bonds. The molecule has 150 valence electrons. The fourth-order valence-corrected chi connectivity index (χ4v) is 2.19. The molecule has 2 atom stereocenters.